The molecule has 0 saturated carbocycles. The van der Waals surface area contributed by atoms with Crippen LogP contribution in [-0.2, 0) is 0 Å². The molecule has 0 aliphatic heterocycles. The average Bonchev–Trinajstić information content (AvgIpc) is 3.12. The fourth-order valence-electron chi connectivity index (χ4n) is 2.41. The van der Waals surface area contributed by atoms with Crippen LogP contribution in [0, 0.1) is 0 Å². The van der Waals surface area contributed by atoms with Gasteiger partial charge in [0.2, 0.25) is 0 Å². The fourth-order valence-corrected chi connectivity index (χ4v) is 2.55. The normalized spacial score (nSPS) is 10.5. The Balaban J connectivity index is 1.41. The molecule has 1 aromatic heterocycles. The van der Waals surface area contributed by atoms with Crippen LogP contribution in [-0.4, -0.2) is 29.3 Å². The Morgan fingerprint density at radius 1 is 1.15 bits per heavy atom. The molecule has 134 valence electrons. The number of para-hydroxylation sites is 1. The Kier molecular flexibility index (Phi) is 5.83. The van der Waals surface area contributed by atoms with Crippen LogP contribution in [0.4, 0.5) is 0 Å². The first kappa shape index (κ1) is 17.9. The van der Waals surface area contributed by atoms with Crippen LogP contribution in [0.1, 0.15) is 22.5 Å². The summed E-state index contributed by atoms with van der Waals surface area (Å²) in [6, 6.07) is 16.3. The first-order valence-electron chi connectivity index (χ1n) is 8.11. The number of benzene rings is 2. The number of nitrogens with one attached hydrogen (secondary N) is 2. The third-order valence-electron chi connectivity index (χ3n) is 3.74. The third kappa shape index (κ3) is 4.38. The molecule has 0 saturated heterocycles. The van der Waals surface area contributed by atoms with Gasteiger partial charge in [0.25, 0.3) is 5.91 Å². The molecule has 3 rings (SSSR count). The van der Waals surface area contributed by atoms with E-state index in [2.05, 4.69) is 5.32 Å². The number of fused-ring (bicyclic) bond motifs is 1. The van der Waals surface area contributed by atoms with Gasteiger partial charge in [0.1, 0.15) is 16.3 Å². The average molecular weight is 370 g/mol. The van der Waals surface area contributed by atoms with Crippen LogP contribution in [0.25, 0.3) is 11.0 Å². The number of carbonyl (C=O) groups excluding carboxylic acids is 1. The summed E-state index contributed by atoms with van der Waals surface area (Å²) >= 11 is 4.92. The van der Waals surface area contributed by atoms with E-state index in [1.165, 1.54) is 0 Å². The maximum atomic E-state index is 12.1. The highest BCUT2D eigenvalue weighted by molar-refractivity contribution is 7.80. The second-order valence-corrected chi connectivity index (χ2v) is 5.98. The van der Waals surface area contributed by atoms with Crippen LogP contribution in [0.2, 0.25) is 0 Å². The summed E-state index contributed by atoms with van der Waals surface area (Å²) in [7, 11) is 0. The van der Waals surface area contributed by atoms with Crippen molar-refractivity contribution in [3.63, 3.8) is 0 Å². The fraction of sp³-hybridized carbons (Fsp3) is 0.158. The predicted molar refractivity (Wildman–Crippen MR) is 102 cm³/mol. The smallest absolute Gasteiger partial charge is 0.287 e. The van der Waals surface area contributed by atoms with Gasteiger partial charge < -0.3 is 14.5 Å². The first-order valence-corrected chi connectivity index (χ1v) is 8.52. The number of carbonyl (C=O) groups is 1. The maximum Gasteiger partial charge on any atom is 0.287 e. The summed E-state index contributed by atoms with van der Waals surface area (Å²) in [6.07, 6.45) is 0.657. The standard InChI is InChI=1S/C19H18N2O4S/c22-18(17-12-14-4-1-2-5-16(14)25-17)20-10-3-11-24-15-8-6-13(7-9-15)19(26)21-23/h1-2,4-9,12,23H,3,10-11H2,(H,20,22)(H,21,26). The van der Waals surface area contributed by atoms with E-state index in [4.69, 9.17) is 26.6 Å². The Hall–Kier alpha value is -2.90. The van der Waals surface area contributed by atoms with E-state index in [-0.39, 0.29) is 10.9 Å². The molecule has 0 atom stereocenters. The van der Waals surface area contributed by atoms with Crippen molar-refractivity contribution in [3.05, 3.63) is 65.9 Å². The van der Waals surface area contributed by atoms with Crippen molar-refractivity contribution < 1.29 is 19.2 Å². The van der Waals surface area contributed by atoms with E-state index < -0.39 is 0 Å². The van der Waals surface area contributed by atoms with Crippen molar-refractivity contribution in [2.45, 2.75) is 6.42 Å². The zero-order valence-corrected chi connectivity index (χ0v) is 14.7. The van der Waals surface area contributed by atoms with Crippen molar-refractivity contribution >= 4 is 34.1 Å². The number of hydroxylamine groups is 1. The topological polar surface area (TPSA) is 83.7 Å². The summed E-state index contributed by atoms with van der Waals surface area (Å²) in [5.74, 6) is 0.754. The third-order valence-corrected chi connectivity index (χ3v) is 4.07. The Labute approximate surface area is 155 Å². The summed E-state index contributed by atoms with van der Waals surface area (Å²) in [5, 5.41) is 12.5. The van der Waals surface area contributed by atoms with E-state index in [1.807, 2.05) is 29.7 Å². The van der Waals surface area contributed by atoms with E-state index in [1.54, 1.807) is 30.3 Å². The van der Waals surface area contributed by atoms with Crippen molar-refractivity contribution in [2.24, 2.45) is 0 Å². The summed E-state index contributed by atoms with van der Waals surface area (Å²) in [5.41, 5.74) is 3.33. The zero-order valence-electron chi connectivity index (χ0n) is 13.9. The SMILES string of the molecule is O=C(NCCCOc1ccc(C(=S)NO)cc1)c1cc2ccccc2o1. The van der Waals surface area contributed by atoms with Gasteiger partial charge in [0, 0.05) is 17.5 Å². The molecule has 0 bridgehead atoms. The van der Waals surface area contributed by atoms with Gasteiger partial charge in [-0.25, -0.2) is 0 Å². The number of ether oxygens (including phenoxy) is 1. The molecule has 0 aliphatic carbocycles. The number of thiocarbonyl (C=S) groups is 1. The predicted octanol–water partition coefficient (Wildman–Crippen LogP) is 3.29. The van der Waals surface area contributed by atoms with Gasteiger partial charge in [-0.2, -0.15) is 0 Å². The van der Waals surface area contributed by atoms with Crippen LogP contribution >= 0.6 is 12.2 Å². The molecule has 0 fully saturated rings. The van der Waals surface area contributed by atoms with Crippen LogP contribution in [0.3, 0.4) is 0 Å². The monoisotopic (exact) mass is 370 g/mol. The van der Waals surface area contributed by atoms with Crippen LogP contribution < -0.4 is 15.5 Å². The highest BCUT2D eigenvalue weighted by Crippen LogP contribution is 2.18. The number of amides is 1. The zero-order chi connectivity index (χ0) is 18.4. The summed E-state index contributed by atoms with van der Waals surface area (Å²) in [4.78, 5) is 12.3. The van der Waals surface area contributed by atoms with Gasteiger partial charge in [-0.15, -0.1) is 0 Å². The van der Waals surface area contributed by atoms with Gasteiger partial charge in [-0.1, -0.05) is 30.4 Å². The van der Waals surface area contributed by atoms with E-state index in [0.717, 1.165) is 5.39 Å². The van der Waals surface area contributed by atoms with Crippen LogP contribution in [0.15, 0.2) is 59.0 Å². The molecule has 2 aromatic carbocycles. The molecule has 0 unspecified atom stereocenters. The minimum Gasteiger partial charge on any atom is -0.494 e. The molecule has 1 heterocycles. The lowest BCUT2D eigenvalue weighted by Crippen LogP contribution is -2.25. The lowest BCUT2D eigenvalue weighted by molar-refractivity contribution is 0.0926. The molecule has 3 N–H and O–H groups in total. The molecule has 26 heavy (non-hydrogen) atoms. The minimum atomic E-state index is -0.240. The van der Waals surface area contributed by atoms with Gasteiger partial charge in [-0.05, 0) is 42.8 Å². The largest absolute Gasteiger partial charge is 0.494 e. The second kappa shape index (κ2) is 8.46. The first-order chi connectivity index (χ1) is 12.7. The molecule has 3 aromatic rings. The molecular weight excluding hydrogens is 352 g/mol. The lowest BCUT2D eigenvalue weighted by Gasteiger charge is -2.08. The van der Waals surface area contributed by atoms with Crippen molar-refractivity contribution in [1.82, 2.24) is 10.8 Å². The van der Waals surface area contributed by atoms with E-state index in [0.29, 0.717) is 42.2 Å². The molecule has 1 amide bonds. The van der Waals surface area contributed by atoms with E-state index >= 15 is 0 Å². The molecule has 0 radical (unpaired) electrons. The Morgan fingerprint density at radius 3 is 2.65 bits per heavy atom. The Bertz CT molecular complexity index is 872. The summed E-state index contributed by atoms with van der Waals surface area (Å²) < 4.78 is 11.1. The van der Waals surface area contributed by atoms with Crippen molar-refractivity contribution in [2.75, 3.05) is 13.2 Å². The van der Waals surface area contributed by atoms with Crippen molar-refractivity contribution in [3.8, 4) is 5.75 Å². The molecule has 0 spiro atoms. The molecule has 7 heteroatoms. The highest BCUT2D eigenvalue weighted by Gasteiger charge is 2.11. The number of rotatable bonds is 7. The van der Waals surface area contributed by atoms with Gasteiger partial charge in [0.15, 0.2) is 5.76 Å². The quantitative estimate of drug-likeness (QED) is 0.336. The molecule has 6 nitrogen and oxygen atoms in total. The maximum absolute atomic E-state index is 12.1. The number of hydrogen-bond donors (Lipinski definition) is 3. The number of hydrogen-bond acceptors (Lipinski definition) is 5. The van der Waals surface area contributed by atoms with Crippen molar-refractivity contribution in [1.29, 1.82) is 0 Å². The second-order valence-electron chi connectivity index (χ2n) is 5.57. The lowest BCUT2D eigenvalue weighted by atomic mass is 10.2. The van der Waals surface area contributed by atoms with Crippen LogP contribution in [0.5, 0.6) is 5.75 Å². The Morgan fingerprint density at radius 2 is 1.92 bits per heavy atom. The highest BCUT2D eigenvalue weighted by atomic mass is 32.1. The minimum absolute atomic E-state index is 0.240. The van der Waals surface area contributed by atoms with E-state index in [9.17, 15) is 4.79 Å². The molecule has 0 aliphatic rings. The molecular formula is C19H18N2O4S. The van der Waals surface area contributed by atoms with Gasteiger partial charge >= 0.3 is 0 Å². The summed E-state index contributed by atoms with van der Waals surface area (Å²) in [6.45, 7) is 0.939. The number of furan rings is 1. The van der Waals surface area contributed by atoms with Gasteiger partial charge in [-0.3, -0.25) is 15.5 Å². The van der Waals surface area contributed by atoms with Gasteiger partial charge in [0.05, 0.1) is 6.61 Å².